The number of anilines is 1. The van der Waals surface area contributed by atoms with Gasteiger partial charge in [0.05, 0.1) is 16.3 Å². The van der Waals surface area contributed by atoms with Crippen LogP contribution in [0.3, 0.4) is 0 Å². The molecule has 176 valence electrons. The molecule has 2 heterocycles. The molecule has 5 nitrogen and oxygen atoms in total. The number of amides is 1. The van der Waals surface area contributed by atoms with Crippen LogP contribution in [0.15, 0.2) is 94.4 Å². The van der Waals surface area contributed by atoms with E-state index in [1.54, 1.807) is 0 Å². The Bertz CT molecular complexity index is 1600. The number of pyridine rings is 1. The molecule has 1 N–H and O–H groups in total. The van der Waals surface area contributed by atoms with Crippen molar-refractivity contribution in [2.45, 2.75) is 18.9 Å². The van der Waals surface area contributed by atoms with Crippen molar-refractivity contribution in [2.75, 3.05) is 11.1 Å². The molecule has 0 aliphatic rings. The fraction of sp³-hybridized carbons (Fsp3) is 0.100. The van der Waals surface area contributed by atoms with Crippen LogP contribution < -0.4 is 5.32 Å². The van der Waals surface area contributed by atoms with E-state index in [-0.39, 0.29) is 17.5 Å². The minimum Gasteiger partial charge on any atom is -0.438 e. The SMILES string of the molecule is Cc1cc(SCC(=O)Nc2oc(-c3ccccc3)c(-c3ccccc3)c2C#N)nc2c(C)cccc12. The van der Waals surface area contributed by atoms with Crippen LogP contribution in [0.4, 0.5) is 5.88 Å². The lowest BCUT2D eigenvalue weighted by atomic mass is 9.98. The maximum absolute atomic E-state index is 12.9. The molecule has 0 aliphatic carbocycles. The van der Waals surface area contributed by atoms with Gasteiger partial charge in [-0.2, -0.15) is 5.26 Å². The Morgan fingerprint density at radius 1 is 0.944 bits per heavy atom. The van der Waals surface area contributed by atoms with Crippen molar-refractivity contribution in [1.82, 2.24) is 4.98 Å². The van der Waals surface area contributed by atoms with Crippen molar-refractivity contribution in [3.63, 3.8) is 0 Å². The number of benzene rings is 3. The van der Waals surface area contributed by atoms with Crippen LogP contribution in [-0.2, 0) is 4.79 Å². The molecule has 2 aromatic heterocycles. The minimum absolute atomic E-state index is 0.136. The van der Waals surface area contributed by atoms with Gasteiger partial charge in [0, 0.05) is 16.5 Å². The first-order valence-electron chi connectivity index (χ1n) is 11.5. The van der Waals surface area contributed by atoms with Crippen LogP contribution in [0.2, 0.25) is 0 Å². The average Bonchev–Trinajstić information content (AvgIpc) is 3.27. The summed E-state index contributed by atoms with van der Waals surface area (Å²) < 4.78 is 6.11. The van der Waals surface area contributed by atoms with Crippen LogP contribution in [-0.4, -0.2) is 16.6 Å². The van der Waals surface area contributed by atoms with E-state index in [9.17, 15) is 10.1 Å². The van der Waals surface area contributed by atoms with E-state index in [2.05, 4.69) is 17.5 Å². The summed E-state index contributed by atoms with van der Waals surface area (Å²) in [4.78, 5) is 17.7. The second-order valence-electron chi connectivity index (χ2n) is 8.44. The Hall–Kier alpha value is -4.34. The highest BCUT2D eigenvalue weighted by atomic mass is 32.2. The predicted octanol–water partition coefficient (Wildman–Crippen LogP) is 7.38. The lowest BCUT2D eigenvalue weighted by Gasteiger charge is -2.08. The van der Waals surface area contributed by atoms with Gasteiger partial charge in [0.1, 0.15) is 17.4 Å². The van der Waals surface area contributed by atoms with Crippen molar-refractivity contribution >= 4 is 34.5 Å². The van der Waals surface area contributed by atoms with Gasteiger partial charge in [-0.1, -0.05) is 90.6 Å². The van der Waals surface area contributed by atoms with Gasteiger partial charge in [0.25, 0.3) is 0 Å². The number of aryl methyl sites for hydroxylation is 2. The molecule has 0 atom stereocenters. The zero-order chi connectivity index (χ0) is 25.1. The van der Waals surface area contributed by atoms with Crippen LogP contribution in [0.25, 0.3) is 33.4 Å². The lowest BCUT2D eigenvalue weighted by molar-refractivity contribution is -0.113. The molecule has 6 heteroatoms. The van der Waals surface area contributed by atoms with Crippen molar-refractivity contribution in [1.29, 1.82) is 5.26 Å². The van der Waals surface area contributed by atoms with Gasteiger partial charge in [-0.3, -0.25) is 10.1 Å². The van der Waals surface area contributed by atoms with E-state index in [0.29, 0.717) is 16.9 Å². The average molecular weight is 490 g/mol. The Labute approximate surface area is 213 Å². The molecule has 0 aliphatic heterocycles. The van der Waals surface area contributed by atoms with E-state index in [1.165, 1.54) is 11.8 Å². The number of nitriles is 1. The van der Waals surface area contributed by atoms with E-state index in [0.717, 1.165) is 38.2 Å². The summed E-state index contributed by atoms with van der Waals surface area (Å²) in [5.74, 6) is 0.563. The standard InChI is InChI=1S/C30H23N3O2S/c1-19-10-9-15-23-20(2)16-26(33-28(19)23)36-18-25(34)32-30-24(17-31)27(21-11-5-3-6-12-21)29(35-30)22-13-7-4-8-14-22/h3-16H,18H2,1-2H3,(H,32,34). The lowest BCUT2D eigenvalue weighted by Crippen LogP contribution is -2.14. The molecule has 0 saturated carbocycles. The number of para-hydroxylation sites is 1. The normalized spacial score (nSPS) is 10.8. The quantitative estimate of drug-likeness (QED) is 0.252. The summed E-state index contributed by atoms with van der Waals surface area (Å²) in [6.45, 7) is 4.08. The summed E-state index contributed by atoms with van der Waals surface area (Å²) in [7, 11) is 0. The Morgan fingerprint density at radius 3 is 2.33 bits per heavy atom. The van der Waals surface area contributed by atoms with Crippen molar-refractivity contribution < 1.29 is 9.21 Å². The van der Waals surface area contributed by atoms with Gasteiger partial charge < -0.3 is 4.42 Å². The van der Waals surface area contributed by atoms with Crippen molar-refractivity contribution in [3.8, 4) is 28.5 Å². The molecule has 0 saturated heterocycles. The predicted molar refractivity (Wildman–Crippen MR) is 145 cm³/mol. The van der Waals surface area contributed by atoms with Crippen LogP contribution in [0, 0.1) is 25.2 Å². The molecular formula is C30H23N3O2S. The largest absolute Gasteiger partial charge is 0.438 e. The van der Waals surface area contributed by atoms with Gasteiger partial charge in [0.2, 0.25) is 11.8 Å². The number of nitrogens with zero attached hydrogens (tertiary/aromatic N) is 2. The van der Waals surface area contributed by atoms with Crippen molar-refractivity contribution in [2.24, 2.45) is 0 Å². The molecule has 0 unspecified atom stereocenters. The van der Waals surface area contributed by atoms with Crippen LogP contribution >= 0.6 is 11.8 Å². The second-order valence-corrected chi connectivity index (χ2v) is 9.44. The summed E-state index contributed by atoms with van der Waals surface area (Å²) in [5.41, 5.74) is 5.79. The summed E-state index contributed by atoms with van der Waals surface area (Å²) in [6.07, 6.45) is 0. The third-order valence-electron chi connectivity index (χ3n) is 5.95. The molecule has 36 heavy (non-hydrogen) atoms. The first-order chi connectivity index (χ1) is 17.5. The third-order valence-corrected chi connectivity index (χ3v) is 6.86. The smallest absolute Gasteiger partial charge is 0.237 e. The summed E-state index contributed by atoms with van der Waals surface area (Å²) in [5, 5.41) is 14.7. The molecule has 0 radical (unpaired) electrons. The molecular weight excluding hydrogens is 466 g/mol. The van der Waals surface area contributed by atoms with Gasteiger partial charge in [-0.15, -0.1) is 0 Å². The first-order valence-corrected chi connectivity index (χ1v) is 12.5. The van der Waals surface area contributed by atoms with E-state index in [1.807, 2.05) is 92.7 Å². The Kier molecular flexibility index (Phi) is 6.57. The summed E-state index contributed by atoms with van der Waals surface area (Å²) in [6, 6.07) is 29.5. The molecule has 1 amide bonds. The maximum Gasteiger partial charge on any atom is 0.237 e. The van der Waals surface area contributed by atoms with Gasteiger partial charge >= 0.3 is 0 Å². The monoisotopic (exact) mass is 489 g/mol. The van der Waals surface area contributed by atoms with E-state index >= 15 is 0 Å². The fourth-order valence-corrected chi connectivity index (χ4v) is 4.97. The number of thioether (sulfide) groups is 1. The van der Waals surface area contributed by atoms with Gasteiger partial charge in [0.15, 0.2) is 0 Å². The number of furan rings is 1. The number of rotatable bonds is 6. The summed E-state index contributed by atoms with van der Waals surface area (Å²) >= 11 is 1.35. The van der Waals surface area contributed by atoms with E-state index < -0.39 is 0 Å². The van der Waals surface area contributed by atoms with Gasteiger partial charge in [-0.05, 0) is 36.6 Å². The Balaban J connectivity index is 1.43. The molecule has 5 aromatic rings. The number of hydrogen-bond acceptors (Lipinski definition) is 5. The highest BCUT2D eigenvalue weighted by Gasteiger charge is 2.24. The minimum atomic E-state index is -0.270. The van der Waals surface area contributed by atoms with Crippen molar-refractivity contribution in [3.05, 3.63) is 102 Å². The fourth-order valence-electron chi connectivity index (χ4n) is 4.21. The topological polar surface area (TPSA) is 78.9 Å². The second kappa shape index (κ2) is 10.1. The molecule has 0 fully saturated rings. The van der Waals surface area contributed by atoms with Gasteiger partial charge in [-0.25, -0.2) is 4.98 Å². The highest BCUT2D eigenvalue weighted by molar-refractivity contribution is 7.99. The number of fused-ring (bicyclic) bond motifs is 1. The number of carbonyl (C=O) groups is 1. The number of aromatic nitrogens is 1. The zero-order valence-electron chi connectivity index (χ0n) is 19.9. The molecule has 5 rings (SSSR count). The third kappa shape index (κ3) is 4.61. The highest BCUT2D eigenvalue weighted by Crippen LogP contribution is 2.41. The molecule has 0 spiro atoms. The molecule has 0 bridgehead atoms. The number of nitrogens with one attached hydrogen (secondary N) is 1. The molecule has 3 aromatic carbocycles. The number of carbonyl (C=O) groups excluding carboxylic acids is 1. The van der Waals surface area contributed by atoms with E-state index in [4.69, 9.17) is 9.40 Å². The van der Waals surface area contributed by atoms with Crippen LogP contribution in [0.5, 0.6) is 0 Å². The maximum atomic E-state index is 12.9. The van der Waals surface area contributed by atoms with Crippen LogP contribution in [0.1, 0.15) is 16.7 Å². The first kappa shape index (κ1) is 23.4. The Morgan fingerprint density at radius 2 is 1.64 bits per heavy atom. The number of hydrogen-bond donors (Lipinski definition) is 1. The zero-order valence-corrected chi connectivity index (χ0v) is 20.7.